The summed E-state index contributed by atoms with van der Waals surface area (Å²) in [6.45, 7) is 4.00. The minimum Gasteiger partial charge on any atom is -0.393 e. The van der Waals surface area contributed by atoms with E-state index < -0.39 is 11.6 Å². The number of aliphatic hydroxyl groups is 1. The number of benzene rings is 1. The molecular weight excluding hydrogens is 230 g/mol. The fourth-order valence-electron chi connectivity index (χ4n) is 1.38. The zero-order valence-electron chi connectivity index (χ0n) is 9.41. The van der Waals surface area contributed by atoms with E-state index in [1.54, 1.807) is 0 Å². The highest BCUT2D eigenvalue weighted by atomic mass is 32.2. The van der Waals surface area contributed by atoms with E-state index in [9.17, 15) is 8.78 Å². The second-order valence-corrected chi connectivity index (χ2v) is 4.78. The molecule has 0 unspecified atom stereocenters. The van der Waals surface area contributed by atoms with Gasteiger partial charge < -0.3 is 5.11 Å². The first-order chi connectivity index (χ1) is 7.65. The average molecular weight is 246 g/mol. The van der Waals surface area contributed by atoms with Gasteiger partial charge in [0.05, 0.1) is 6.10 Å². The molecule has 4 heteroatoms. The van der Waals surface area contributed by atoms with Gasteiger partial charge in [-0.05, 0) is 31.0 Å². The Kier molecular flexibility index (Phi) is 5.22. The standard InChI is InChI=1S/C10H10F2OS.C2H6/c11-6-1-2-9(12)10(3-6)14-8-4-7(13)5-8;1-2/h1-3,7-8,13H,4-5H2;1-2H3. The Bertz CT molecular complexity index is 338. The summed E-state index contributed by atoms with van der Waals surface area (Å²) in [5, 5.41) is 9.26. The van der Waals surface area contributed by atoms with Crippen molar-refractivity contribution in [2.24, 2.45) is 0 Å². The Morgan fingerprint density at radius 2 is 1.88 bits per heavy atom. The minimum absolute atomic E-state index is 0.223. The van der Waals surface area contributed by atoms with Crippen molar-refractivity contribution < 1.29 is 13.9 Å². The lowest BCUT2D eigenvalue weighted by atomic mass is 9.96. The maximum atomic E-state index is 13.1. The fourth-order valence-corrected chi connectivity index (χ4v) is 2.74. The molecule has 0 amide bonds. The van der Waals surface area contributed by atoms with Crippen molar-refractivity contribution in [1.82, 2.24) is 0 Å². The molecule has 90 valence electrons. The van der Waals surface area contributed by atoms with Crippen LogP contribution in [0.5, 0.6) is 0 Å². The highest BCUT2D eigenvalue weighted by Gasteiger charge is 2.28. The van der Waals surface area contributed by atoms with E-state index in [-0.39, 0.29) is 11.4 Å². The lowest BCUT2D eigenvalue weighted by molar-refractivity contribution is 0.101. The van der Waals surface area contributed by atoms with E-state index in [4.69, 9.17) is 5.11 Å². The number of halogens is 2. The van der Waals surface area contributed by atoms with Crippen molar-refractivity contribution in [2.45, 2.75) is 42.9 Å². The predicted octanol–water partition coefficient (Wildman–Crippen LogP) is 3.61. The summed E-state index contributed by atoms with van der Waals surface area (Å²) in [4.78, 5) is 0.335. The Balaban J connectivity index is 0.000000606. The fraction of sp³-hybridized carbons (Fsp3) is 0.500. The topological polar surface area (TPSA) is 20.2 Å². The summed E-state index contributed by atoms with van der Waals surface area (Å²) in [5.41, 5.74) is 0. The Hall–Kier alpha value is -0.610. The molecule has 1 fully saturated rings. The van der Waals surface area contributed by atoms with Crippen molar-refractivity contribution in [3.8, 4) is 0 Å². The van der Waals surface area contributed by atoms with Crippen LogP contribution in [-0.2, 0) is 0 Å². The molecule has 1 N–H and O–H groups in total. The molecule has 1 aliphatic rings. The van der Waals surface area contributed by atoms with E-state index in [2.05, 4.69) is 0 Å². The Morgan fingerprint density at radius 3 is 2.44 bits per heavy atom. The molecule has 1 aromatic carbocycles. The van der Waals surface area contributed by atoms with Gasteiger partial charge in [-0.2, -0.15) is 0 Å². The summed E-state index contributed by atoms with van der Waals surface area (Å²) < 4.78 is 25.9. The smallest absolute Gasteiger partial charge is 0.136 e. The van der Waals surface area contributed by atoms with Crippen molar-refractivity contribution in [2.75, 3.05) is 0 Å². The number of hydrogen-bond acceptors (Lipinski definition) is 2. The molecule has 0 radical (unpaired) electrons. The van der Waals surface area contributed by atoms with E-state index in [0.29, 0.717) is 17.7 Å². The zero-order valence-corrected chi connectivity index (χ0v) is 10.2. The van der Waals surface area contributed by atoms with E-state index in [1.165, 1.54) is 17.8 Å². The van der Waals surface area contributed by atoms with Crippen LogP contribution in [0.2, 0.25) is 0 Å². The quantitative estimate of drug-likeness (QED) is 0.860. The second-order valence-electron chi connectivity index (χ2n) is 3.44. The molecule has 0 heterocycles. The van der Waals surface area contributed by atoms with Crippen LogP contribution in [0.1, 0.15) is 26.7 Å². The van der Waals surface area contributed by atoms with Gasteiger partial charge in [0.25, 0.3) is 0 Å². The second kappa shape index (κ2) is 6.21. The molecule has 0 spiro atoms. The van der Waals surface area contributed by atoms with Gasteiger partial charge in [-0.15, -0.1) is 11.8 Å². The van der Waals surface area contributed by atoms with E-state index in [1.807, 2.05) is 13.8 Å². The van der Waals surface area contributed by atoms with E-state index in [0.717, 1.165) is 12.1 Å². The molecule has 0 atom stereocenters. The van der Waals surface area contributed by atoms with Crippen molar-refractivity contribution >= 4 is 11.8 Å². The maximum Gasteiger partial charge on any atom is 0.136 e. The van der Waals surface area contributed by atoms with Crippen LogP contribution in [0.25, 0.3) is 0 Å². The molecule has 1 saturated carbocycles. The van der Waals surface area contributed by atoms with Gasteiger partial charge in [0.1, 0.15) is 11.6 Å². The lowest BCUT2D eigenvalue weighted by Gasteiger charge is -2.30. The average Bonchev–Trinajstić information content (AvgIpc) is 2.24. The highest BCUT2D eigenvalue weighted by Crippen LogP contribution is 2.37. The van der Waals surface area contributed by atoms with Crippen molar-refractivity contribution in [1.29, 1.82) is 0 Å². The molecular formula is C12H16F2OS. The largest absolute Gasteiger partial charge is 0.393 e. The van der Waals surface area contributed by atoms with Gasteiger partial charge >= 0.3 is 0 Å². The molecule has 0 bridgehead atoms. The normalized spacial score (nSPS) is 23.1. The number of aliphatic hydroxyl groups excluding tert-OH is 1. The van der Waals surface area contributed by atoms with E-state index >= 15 is 0 Å². The first kappa shape index (κ1) is 13.5. The van der Waals surface area contributed by atoms with Gasteiger partial charge in [0.15, 0.2) is 0 Å². The van der Waals surface area contributed by atoms with Gasteiger partial charge in [0.2, 0.25) is 0 Å². The van der Waals surface area contributed by atoms with Gasteiger partial charge in [0, 0.05) is 10.1 Å². The minimum atomic E-state index is -0.422. The maximum absolute atomic E-state index is 13.1. The summed E-state index contributed by atoms with van der Waals surface area (Å²) >= 11 is 1.30. The van der Waals surface area contributed by atoms with Crippen LogP contribution in [0.4, 0.5) is 8.78 Å². The van der Waals surface area contributed by atoms with Crippen LogP contribution in [0, 0.1) is 11.6 Å². The van der Waals surface area contributed by atoms with Crippen LogP contribution >= 0.6 is 11.8 Å². The molecule has 2 rings (SSSR count). The molecule has 0 aromatic heterocycles. The summed E-state index contributed by atoms with van der Waals surface area (Å²) in [6.07, 6.45) is 1.07. The molecule has 16 heavy (non-hydrogen) atoms. The molecule has 1 aromatic rings. The summed E-state index contributed by atoms with van der Waals surface area (Å²) in [5.74, 6) is -0.813. The van der Waals surface area contributed by atoms with Crippen LogP contribution < -0.4 is 0 Å². The highest BCUT2D eigenvalue weighted by molar-refractivity contribution is 8.00. The third-order valence-corrected chi connectivity index (χ3v) is 3.54. The van der Waals surface area contributed by atoms with Gasteiger partial charge in [-0.3, -0.25) is 0 Å². The number of thioether (sulfide) groups is 1. The Morgan fingerprint density at radius 1 is 1.25 bits per heavy atom. The number of hydrogen-bond donors (Lipinski definition) is 1. The van der Waals surface area contributed by atoms with Crippen molar-refractivity contribution in [3.05, 3.63) is 29.8 Å². The third kappa shape index (κ3) is 3.46. The first-order valence-electron chi connectivity index (χ1n) is 5.45. The predicted molar refractivity (Wildman–Crippen MR) is 62.6 cm³/mol. The Labute approximate surface area is 98.9 Å². The molecule has 0 saturated heterocycles. The van der Waals surface area contributed by atoms with Gasteiger partial charge in [-0.1, -0.05) is 13.8 Å². The van der Waals surface area contributed by atoms with Gasteiger partial charge in [-0.25, -0.2) is 8.78 Å². The van der Waals surface area contributed by atoms with Crippen LogP contribution in [0.15, 0.2) is 23.1 Å². The monoisotopic (exact) mass is 246 g/mol. The SMILES string of the molecule is CC.OC1CC(Sc2cc(F)ccc2F)C1. The lowest BCUT2D eigenvalue weighted by Crippen LogP contribution is -2.30. The first-order valence-corrected chi connectivity index (χ1v) is 6.33. The number of rotatable bonds is 2. The van der Waals surface area contributed by atoms with Crippen LogP contribution in [-0.4, -0.2) is 16.5 Å². The summed E-state index contributed by atoms with van der Waals surface area (Å²) in [6, 6.07) is 3.44. The third-order valence-electron chi connectivity index (χ3n) is 2.26. The molecule has 1 aliphatic carbocycles. The molecule has 0 aliphatic heterocycles. The molecule has 1 nitrogen and oxygen atoms in total. The van der Waals surface area contributed by atoms with Crippen molar-refractivity contribution in [3.63, 3.8) is 0 Å². The zero-order chi connectivity index (χ0) is 12.1. The van der Waals surface area contributed by atoms with Crippen LogP contribution in [0.3, 0.4) is 0 Å². The summed E-state index contributed by atoms with van der Waals surface area (Å²) in [7, 11) is 0.